The third kappa shape index (κ3) is 4.21. The summed E-state index contributed by atoms with van der Waals surface area (Å²) in [6.45, 7) is 3.26. The SMILES string of the molecule is CN(C)Cc1nnc(C2CCN(C(=O)CN3CCCCC3=O)CC2)n1C1CC1. The molecule has 8 heteroatoms. The molecule has 2 amide bonds. The fourth-order valence-electron chi connectivity index (χ4n) is 4.42. The Bertz CT molecular complexity index is 718. The number of hydrogen-bond acceptors (Lipinski definition) is 5. The van der Waals surface area contributed by atoms with E-state index in [-0.39, 0.29) is 18.4 Å². The first-order valence-corrected chi connectivity index (χ1v) is 10.7. The van der Waals surface area contributed by atoms with Gasteiger partial charge in [-0.3, -0.25) is 9.59 Å². The van der Waals surface area contributed by atoms with Crippen LogP contribution in [0.15, 0.2) is 0 Å². The molecule has 0 aromatic carbocycles. The summed E-state index contributed by atoms with van der Waals surface area (Å²) in [5, 5.41) is 9.04. The Kier molecular flexibility index (Phi) is 5.66. The van der Waals surface area contributed by atoms with E-state index >= 15 is 0 Å². The van der Waals surface area contributed by atoms with Crippen LogP contribution in [0.3, 0.4) is 0 Å². The topological polar surface area (TPSA) is 74.6 Å². The molecule has 1 aromatic rings. The highest BCUT2D eigenvalue weighted by molar-refractivity contribution is 5.85. The highest BCUT2D eigenvalue weighted by Gasteiger charge is 2.34. The normalized spacial score (nSPS) is 21.6. The third-order valence-corrected chi connectivity index (χ3v) is 6.12. The van der Waals surface area contributed by atoms with Crippen molar-refractivity contribution >= 4 is 11.8 Å². The van der Waals surface area contributed by atoms with Crippen LogP contribution >= 0.6 is 0 Å². The molecule has 0 atom stereocenters. The van der Waals surface area contributed by atoms with Gasteiger partial charge in [-0.25, -0.2) is 0 Å². The molecule has 2 saturated heterocycles. The Balaban J connectivity index is 1.36. The number of nitrogens with zero attached hydrogens (tertiary/aromatic N) is 6. The summed E-state index contributed by atoms with van der Waals surface area (Å²) in [7, 11) is 4.12. The summed E-state index contributed by atoms with van der Waals surface area (Å²) in [5.74, 6) is 2.75. The van der Waals surface area contributed by atoms with Crippen molar-refractivity contribution in [3.63, 3.8) is 0 Å². The molecule has 3 aliphatic rings. The number of likely N-dealkylation sites (tertiary alicyclic amines) is 2. The van der Waals surface area contributed by atoms with Crippen molar-refractivity contribution in [1.29, 1.82) is 0 Å². The minimum absolute atomic E-state index is 0.0886. The minimum Gasteiger partial charge on any atom is -0.341 e. The third-order valence-electron chi connectivity index (χ3n) is 6.12. The molecule has 1 aliphatic carbocycles. The molecule has 28 heavy (non-hydrogen) atoms. The zero-order valence-corrected chi connectivity index (χ0v) is 17.1. The van der Waals surface area contributed by atoms with E-state index in [9.17, 15) is 9.59 Å². The zero-order chi connectivity index (χ0) is 19.7. The van der Waals surface area contributed by atoms with Gasteiger partial charge in [0.15, 0.2) is 0 Å². The van der Waals surface area contributed by atoms with Crippen molar-refractivity contribution in [3.05, 3.63) is 11.6 Å². The van der Waals surface area contributed by atoms with Gasteiger partial charge in [0, 0.05) is 38.0 Å². The minimum atomic E-state index is 0.0886. The summed E-state index contributed by atoms with van der Waals surface area (Å²) in [6, 6.07) is 0.560. The second kappa shape index (κ2) is 8.19. The van der Waals surface area contributed by atoms with Crippen molar-refractivity contribution in [2.24, 2.45) is 0 Å². The van der Waals surface area contributed by atoms with E-state index in [1.807, 2.05) is 4.90 Å². The largest absolute Gasteiger partial charge is 0.341 e. The Hall–Kier alpha value is -1.96. The maximum atomic E-state index is 12.7. The van der Waals surface area contributed by atoms with Crippen molar-refractivity contribution in [1.82, 2.24) is 29.5 Å². The summed E-state index contributed by atoms with van der Waals surface area (Å²) in [4.78, 5) is 30.4. The summed E-state index contributed by atoms with van der Waals surface area (Å²) < 4.78 is 2.37. The van der Waals surface area contributed by atoms with Crippen LogP contribution in [0.2, 0.25) is 0 Å². The van der Waals surface area contributed by atoms with Crippen LogP contribution in [-0.4, -0.2) is 81.6 Å². The molecule has 0 radical (unpaired) electrons. The molecule has 1 saturated carbocycles. The number of rotatable bonds is 6. The van der Waals surface area contributed by atoms with Crippen LogP contribution in [-0.2, 0) is 16.1 Å². The molecule has 3 heterocycles. The first-order valence-electron chi connectivity index (χ1n) is 10.7. The maximum Gasteiger partial charge on any atom is 0.242 e. The van der Waals surface area contributed by atoms with Crippen LogP contribution in [0.5, 0.6) is 0 Å². The standard InChI is InChI=1S/C20H32N6O2/c1-23(2)13-17-21-22-20(26(17)16-6-7-16)15-8-11-24(12-9-15)19(28)14-25-10-4-3-5-18(25)27/h15-16H,3-14H2,1-2H3. The van der Waals surface area contributed by atoms with Gasteiger partial charge in [0.25, 0.3) is 0 Å². The molecule has 0 unspecified atom stereocenters. The number of amides is 2. The lowest BCUT2D eigenvalue weighted by molar-refractivity contribution is -0.142. The molecule has 154 valence electrons. The number of carbonyl (C=O) groups is 2. The van der Waals surface area contributed by atoms with Gasteiger partial charge in [0.1, 0.15) is 11.6 Å². The van der Waals surface area contributed by atoms with Gasteiger partial charge >= 0.3 is 0 Å². The molecule has 0 N–H and O–H groups in total. The smallest absolute Gasteiger partial charge is 0.242 e. The second-order valence-electron chi connectivity index (χ2n) is 8.74. The monoisotopic (exact) mass is 388 g/mol. The van der Waals surface area contributed by atoms with Crippen LogP contribution in [0.25, 0.3) is 0 Å². The Morgan fingerprint density at radius 2 is 1.82 bits per heavy atom. The van der Waals surface area contributed by atoms with E-state index < -0.39 is 0 Å². The predicted molar refractivity (Wildman–Crippen MR) is 105 cm³/mol. The van der Waals surface area contributed by atoms with E-state index in [2.05, 4.69) is 33.8 Å². The van der Waals surface area contributed by atoms with Gasteiger partial charge in [-0.15, -0.1) is 10.2 Å². The quantitative estimate of drug-likeness (QED) is 0.736. The van der Waals surface area contributed by atoms with Gasteiger partial charge in [-0.1, -0.05) is 0 Å². The molecule has 3 fully saturated rings. The zero-order valence-electron chi connectivity index (χ0n) is 17.1. The van der Waals surface area contributed by atoms with Crippen LogP contribution in [0.4, 0.5) is 0 Å². The molecule has 8 nitrogen and oxygen atoms in total. The first-order chi connectivity index (χ1) is 13.5. The summed E-state index contributed by atoms with van der Waals surface area (Å²) in [6.07, 6.45) is 6.82. The Labute approximate surface area is 166 Å². The molecule has 0 bridgehead atoms. The number of carbonyl (C=O) groups excluding carboxylic acids is 2. The van der Waals surface area contributed by atoms with Gasteiger partial charge in [-0.2, -0.15) is 0 Å². The fraction of sp³-hybridized carbons (Fsp3) is 0.800. The highest BCUT2D eigenvalue weighted by atomic mass is 16.2. The van der Waals surface area contributed by atoms with E-state index in [1.54, 1.807) is 4.90 Å². The lowest BCUT2D eigenvalue weighted by Gasteiger charge is -2.34. The maximum absolute atomic E-state index is 12.7. The van der Waals surface area contributed by atoms with Gasteiger partial charge in [0.2, 0.25) is 11.8 Å². The second-order valence-corrected chi connectivity index (χ2v) is 8.74. The highest BCUT2D eigenvalue weighted by Crippen LogP contribution is 2.40. The molecular weight excluding hydrogens is 356 g/mol. The van der Waals surface area contributed by atoms with E-state index in [1.165, 1.54) is 12.8 Å². The van der Waals surface area contributed by atoms with Gasteiger partial charge in [-0.05, 0) is 52.6 Å². The molecular formula is C20H32N6O2. The summed E-state index contributed by atoms with van der Waals surface area (Å²) in [5.41, 5.74) is 0. The average molecular weight is 389 g/mol. The van der Waals surface area contributed by atoms with Crippen molar-refractivity contribution < 1.29 is 9.59 Å². The Morgan fingerprint density at radius 1 is 1.07 bits per heavy atom. The molecule has 4 rings (SSSR count). The number of piperidine rings is 2. The fourth-order valence-corrected chi connectivity index (χ4v) is 4.42. The van der Waals surface area contributed by atoms with E-state index in [0.29, 0.717) is 18.4 Å². The van der Waals surface area contributed by atoms with Gasteiger partial charge < -0.3 is 19.3 Å². The summed E-state index contributed by atoms with van der Waals surface area (Å²) >= 11 is 0. The van der Waals surface area contributed by atoms with E-state index in [4.69, 9.17) is 0 Å². The Morgan fingerprint density at radius 3 is 2.46 bits per heavy atom. The van der Waals surface area contributed by atoms with Crippen molar-refractivity contribution in [2.75, 3.05) is 40.3 Å². The van der Waals surface area contributed by atoms with Crippen LogP contribution in [0, 0.1) is 0 Å². The van der Waals surface area contributed by atoms with Crippen molar-refractivity contribution in [3.8, 4) is 0 Å². The molecule has 0 spiro atoms. The average Bonchev–Trinajstić information content (AvgIpc) is 3.44. The van der Waals surface area contributed by atoms with E-state index in [0.717, 1.165) is 63.5 Å². The van der Waals surface area contributed by atoms with Crippen LogP contribution < -0.4 is 0 Å². The van der Waals surface area contributed by atoms with Crippen LogP contribution in [0.1, 0.15) is 68.6 Å². The predicted octanol–water partition coefficient (Wildman–Crippen LogP) is 1.39. The molecule has 1 aromatic heterocycles. The first kappa shape index (κ1) is 19.4. The molecule has 2 aliphatic heterocycles. The number of aromatic nitrogens is 3. The number of hydrogen-bond donors (Lipinski definition) is 0. The lowest BCUT2D eigenvalue weighted by Crippen LogP contribution is -2.47. The lowest BCUT2D eigenvalue weighted by atomic mass is 9.95. The van der Waals surface area contributed by atoms with Gasteiger partial charge in [0.05, 0.1) is 13.1 Å². The van der Waals surface area contributed by atoms with Crippen molar-refractivity contribution in [2.45, 2.75) is 63.5 Å².